The van der Waals surface area contributed by atoms with Gasteiger partial charge in [-0.05, 0) is 5.56 Å². The van der Waals surface area contributed by atoms with Gasteiger partial charge in [0.05, 0.1) is 6.20 Å². The first-order valence-corrected chi connectivity index (χ1v) is 7.58. The summed E-state index contributed by atoms with van der Waals surface area (Å²) in [4.78, 5) is 10.6. The number of hydrogen-bond donors (Lipinski definition) is 1. The van der Waals surface area contributed by atoms with Crippen LogP contribution in [0.15, 0.2) is 47.6 Å². The summed E-state index contributed by atoms with van der Waals surface area (Å²) in [7, 11) is -2.23. The minimum atomic E-state index is -3.70. The van der Waals surface area contributed by atoms with Crippen molar-refractivity contribution in [3.8, 4) is 0 Å². The molecule has 2 aromatic rings. The van der Waals surface area contributed by atoms with Crippen LogP contribution < -0.4 is 0 Å². The maximum Gasteiger partial charge on any atom is 0.325 e. The van der Waals surface area contributed by atoms with E-state index in [2.05, 4.69) is 5.10 Å². The van der Waals surface area contributed by atoms with E-state index in [1.807, 2.05) is 30.3 Å². The molecule has 0 saturated carbocycles. The number of rotatable bonds is 6. The van der Waals surface area contributed by atoms with Gasteiger partial charge in [-0.3, -0.25) is 9.48 Å². The van der Waals surface area contributed by atoms with Crippen molar-refractivity contribution in [2.24, 2.45) is 0 Å². The molecular formula is C13H15N3O4S. The molecule has 112 valence electrons. The summed E-state index contributed by atoms with van der Waals surface area (Å²) in [5, 5.41) is 12.4. The Hall–Kier alpha value is -2.19. The predicted molar refractivity (Wildman–Crippen MR) is 75.0 cm³/mol. The Labute approximate surface area is 122 Å². The Morgan fingerprint density at radius 3 is 2.62 bits per heavy atom. The lowest BCUT2D eigenvalue weighted by molar-refractivity contribution is -0.137. The van der Waals surface area contributed by atoms with Crippen molar-refractivity contribution in [2.45, 2.75) is 18.0 Å². The second-order valence-corrected chi connectivity index (χ2v) is 6.56. The van der Waals surface area contributed by atoms with Crippen LogP contribution in [0, 0.1) is 0 Å². The average molecular weight is 309 g/mol. The molecule has 7 nitrogen and oxygen atoms in total. The van der Waals surface area contributed by atoms with Gasteiger partial charge < -0.3 is 5.11 Å². The molecule has 1 N–H and O–H groups in total. The van der Waals surface area contributed by atoms with Gasteiger partial charge in [-0.25, -0.2) is 8.42 Å². The van der Waals surface area contributed by atoms with Gasteiger partial charge in [-0.1, -0.05) is 30.3 Å². The topological polar surface area (TPSA) is 92.5 Å². The van der Waals surface area contributed by atoms with Crippen molar-refractivity contribution >= 4 is 16.0 Å². The second-order valence-electron chi connectivity index (χ2n) is 4.51. The molecule has 0 fully saturated rings. The molecular weight excluding hydrogens is 294 g/mol. The van der Waals surface area contributed by atoms with E-state index in [0.717, 1.165) is 16.4 Å². The highest BCUT2D eigenvalue weighted by molar-refractivity contribution is 7.89. The summed E-state index contributed by atoms with van der Waals surface area (Å²) < 4.78 is 27.0. The zero-order valence-electron chi connectivity index (χ0n) is 11.4. The third-order valence-electron chi connectivity index (χ3n) is 2.86. The standard InChI is InChI=1S/C13H15N3O4S/c1-15(8-11-5-3-2-4-6-11)21(19,20)12-7-14-16(9-12)10-13(17)18/h2-7,9H,8,10H2,1H3,(H,17,18). The first-order valence-electron chi connectivity index (χ1n) is 6.14. The van der Waals surface area contributed by atoms with Crippen molar-refractivity contribution in [3.05, 3.63) is 48.3 Å². The van der Waals surface area contributed by atoms with Crippen LogP contribution in [0.2, 0.25) is 0 Å². The maximum atomic E-state index is 12.4. The van der Waals surface area contributed by atoms with Crippen LogP contribution in [0.5, 0.6) is 0 Å². The smallest absolute Gasteiger partial charge is 0.325 e. The Bertz CT molecular complexity index is 725. The highest BCUT2D eigenvalue weighted by Crippen LogP contribution is 2.15. The minimum absolute atomic E-state index is 0.0258. The van der Waals surface area contributed by atoms with Gasteiger partial charge in [0.25, 0.3) is 0 Å². The number of carboxylic acid groups (broad SMARTS) is 1. The van der Waals surface area contributed by atoms with Crippen molar-refractivity contribution in [1.82, 2.24) is 14.1 Å². The van der Waals surface area contributed by atoms with E-state index < -0.39 is 16.0 Å². The van der Waals surface area contributed by atoms with Crippen LogP contribution in [0.1, 0.15) is 5.56 Å². The molecule has 0 bridgehead atoms. The zero-order valence-corrected chi connectivity index (χ0v) is 12.2. The molecule has 8 heteroatoms. The van der Waals surface area contributed by atoms with Gasteiger partial charge in [0, 0.05) is 19.8 Å². The lowest BCUT2D eigenvalue weighted by Gasteiger charge is -2.15. The molecule has 0 radical (unpaired) electrons. The quantitative estimate of drug-likeness (QED) is 0.851. The summed E-state index contributed by atoms with van der Waals surface area (Å²) in [5.41, 5.74) is 0.863. The van der Waals surface area contributed by atoms with Crippen LogP contribution in [-0.4, -0.2) is 40.6 Å². The number of carboxylic acids is 1. The molecule has 0 aliphatic carbocycles. The van der Waals surface area contributed by atoms with E-state index in [1.54, 1.807) is 0 Å². The normalized spacial score (nSPS) is 11.7. The van der Waals surface area contributed by atoms with Gasteiger partial charge in [-0.2, -0.15) is 9.40 Å². The van der Waals surface area contributed by atoms with Crippen molar-refractivity contribution in [3.63, 3.8) is 0 Å². The predicted octanol–water partition coefficient (Wildman–Crippen LogP) is 0.788. The molecule has 1 heterocycles. The maximum absolute atomic E-state index is 12.4. The second kappa shape index (κ2) is 6.06. The van der Waals surface area contributed by atoms with Crippen molar-refractivity contribution < 1.29 is 18.3 Å². The van der Waals surface area contributed by atoms with Crippen LogP contribution in [0.25, 0.3) is 0 Å². The van der Waals surface area contributed by atoms with Crippen LogP contribution >= 0.6 is 0 Å². The van der Waals surface area contributed by atoms with Gasteiger partial charge >= 0.3 is 5.97 Å². The fourth-order valence-electron chi connectivity index (χ4n) is 1.81. The van der Waals surface area contributed by atoms with Gasteiger partial charge in [0.1, 0.15) is 11.4 Å². The minimum Gasteiger partial charge on any atom is -0.480 e. The first-order chi connectivity index (χ1) is 9.89. The number of benzene rings is 1. The van der Waals surface area contributed by atoms with E-state index in [0.29, 0.717) is 0 Å². The molecule has 0 aliphatic heterocycles. The first kappa shape index (κ1) is 15.2. The van der Waals surface area contributed by atoms with Gasteiger partial charge in [-0.15, -0.1) is 0 Å². The summed E-state index contributed by atoms with van der Waals surface area (Å²) in [6.07, 6.45) is 2.37. The molecule has 0 amide bonds. The number of nitrogens with zero attached hydrogens (tertiary/aromatic N) is 3. The highest BCUT2D eigenvalue weighted by atomic mass is 32.2. The largest absolute Gasteiger partial charge is 0.480 e. The van der Waals surface area contributed by atoms with Crippen molar-refractivity contribution in [2.75, 3.05) is 7.05 Å². The van der Waals surface area contributed by atoms with E-state index in [1.165, 1.54) is 17.5 Å². The lowest BCUT2D eigenvalue weighted by atomic mass is 10.2. The molecule has 0 atom stereocenters. The number of aliphatic carboxylic acids is 1. The fraction of sp³-hybridized carbons (Fsp3) is 0.231. The molecule has 2 rings (SSSR count). The molecule has 1 aromatic carbocycles. The number of aromatic nitrogens is 2. The zero-order chi connectivity index (χ0) is 15.5. The number of hydrogen-bond acceptors (Lipinski definition) is 4. The molecule has 0 saturated heterocycles. The van der Waals surface area contributed by atoms with E-state index >= 15 is 0 Å². The summed E-state index contributed by atoms with van der Waals surface area (Å²) >= 11 is 0. The van der Waals surface area contributed by atoms with Crippen LogP contribution in [0.4, 0.5) is 0 Å². The Balaban J connectivity index is 2.17. The fourth-order valence-corrected chi connectivity index (χ4v) is 2.92. The van der Waals surface area contributed by atoms with Crippen molar-refractivity contribution in [1.29, 1.82) is 0 Å². The van der Waals surface area contributed by atoms with Gasteiger partial charge in [0.15, 0.2) is 0 Å². The molecule has 0 unspecified atom stereocenters. The molecule has 0 aliphatic rings. The highest BCUT2D eigenvalue weighted by Gasteiger charge is 2.23. The summed E-state index contributed by atoms with van der Waals surface area (Å²) in [5.74, 6) is -1.08. The Kier molecular flexibility index (Phi) is 4.39. The molecule has 1 aromatic heterocycles. The van der Waals surface area contributed by atoms with Crippen LogP contribution in [-0.2, 0) is 27.9 Å². The number of sulfonamides is 1. The molecule has 0 spiro atoms. The van der Waals surface area contributed by atoms with Crippen LogP contribution in [0.3, 0.4) is 0 Å². The Morgan fingerprint density at radius 1 is 1.33 bits per heavy atom. The van der Waals surface area contributed by atoms with E-state index in [9.17, 15) is 13.2 Å². The third-order valence-corrected chi connectivity index (χ3v) is 4.62. The molecule has 21 heavy (non-hydrogen) atoms. The number of carbonyl (C=O) groups is 1. The van der Waals surface area contributed by atoms with E-state index in [-0.39, 0.29) is 18.0 Å². The monoisotopic (exact) mass is 309 g/mol. The third kappa shape index (κ3) is 3.67. The Morgan fingerprint density at radius 2 is 2.00 bits per heavy atom. The van der Waals surface area contributed by atoms with E-state index in [4.69, 9.17) is 5.11 Å². The van der Waals surface area contributed by atoms with Gasteiger partial charge in [0.2, 0.25) is 10.0 Å². The summed E-state index contributed by atoms with van der Waals surface area (Å²) in [6.45, 7) is -0.148. The summed E-state index contributed by atoms with van der Waals surface area (Å²) in [6, 6.07) is 9.19. The lowest BCUT2D eigenvalue weighted by Crippen LogP contribution is -2.26. The average Bonchev–Trinajstić information content (AvgIpc) is 2.88. The SMILES string of the molecule is CN(Cc1ccccc1)S(=O)(=O)c1cnn(CC(=O)O)c1.